The fourth-order valence-corrected chi connectivity index (χ4v) is 12.4. The van der Waals surface area contributed by atoms with Gasteiger partial charge in [-0.15, -0.1) is 0 Å². The van der Waals surface area contributed by atoms with Gasteiger partial charge in [0.2, 0.25) is 0 Å². The van der Waals surface area contributed by atoms with E-state index in [1.807, 2.05) is 88.4 Å². The molecule has 10 rings (SSSR count). The number of benzene rings is 4. The van der Waals surface area contributed by atoms with Crippen molar-refractivity contribution in [3.63, 3.8) is 0 Å². The number of aryl methyl sites for hydroxylation is 2. The van der Waals surface area contributed by atoms with Crippen molar-refractivity contribution in [1.29, 1.82) is 0 Å². The van der Waals surface area contributed by atoms with Gasteiger partial charge in [-0.3, -0.25) is 14.5 Å². The number of rotatable bonds is 16. The lowest BCUT2D eigenvalue weighted by Crippen LogP contribution is -2.43. The van der Waals surface area contributed by atoms with Crippen molar-refractivity contribution in [1.82, 2.24) is 37.7 Å². The van der Waals surface area contributed by atoms with Crippen molar-refractivity contribution in [2.45, 2.75) is 77.1 Å². The van der Waals surface area contributed by atoms with Crippen LogP contribution in [0.2, 0.25) is 0 Å². The molecule has 0 radical (unpaired) electrons. The van der Waals surface area contributed by atoms with Crippen LogP contribution in [0.3, 0.4) is 0 Å². The minimum Gasteiger partial charge on any atom is -0.445 e. The zero-order valence-corrected chi connectivity index (χ0v) is 49.7. The Morgan fingerprint density at radius 3 is 1.51 bits per heavy atom. The van der Waals surface area contributed by atoms with Gasteiger partial charge >= 0.3 is 18.3 Å². The molecule has 0 spiro atoms. The molecular weight excluding hydrogens is 1130 g/mol. The van der Waals surface area contributed by atoms with Gasteiger partial charge in [0.1, 0.15) is 35.7 Å². The van der Waals surface area contributed by atoms with Crippen LogP contribution in [0.25, 0.3) is 22.3 Å². The third-order valence-electron chi connectivity index (χ3n) is 14.5. The number of ketones is 2. The van der Waals surface area contributed by atoms with Gasteiger partial charge in [-0.05, 0) is 94.0 Å². The highest BCUT2D eigenvalue weighted by atomic mass is 32.2. The number of anilines is 2. The van der Waals surface area contributed by atoms with Gasteiger partial charge in [0.15, 0.2) is 28.7 Å². The lowest BCUT2D eigenvalue weighted by molar-refractivity contribution is -0.122. The summed E-state index contributed by atoms with van der Waals surface area (Å²) in [6.07, 6.45) is 3.64. The molecule has 0 unspecified atom stereocenters. The Morgan fingerprint density at radius 1 is 0.588 bits per heavy atom. The molecule has 2 aliphatic rings. The number of amides is 3. The zero-order chi connectivity index (χ0) is 60.8. The number of carbonyl (C=O) groups is 5. The van der Waals surface area contributed by atoms with Crippen molar-refractivity contribution < 1.29 is 55.0 Å². The Hall–Kier alpha value is -9.03. The fraction of sp³-hybridized carbons (Fsp3) is 0.328. The smallest absolute Gasteiger partial charge is 0.416 e. The van der Waals surface area contributed by atoms with Gasteiger partial charge in [-0.25, -0.2) is 59.1 Å². The predicted octanol–water partition coefficient (Wildman–Crippen LogP) is 9.05. The highest BCUT2D eigenvalue weighted by Crippen LogP contribution is 2.30. The molecule has 0 bridgehead atoms. The first-order valence-corrected chi connectivity index (χ1v) is 30.4. The van der Waals surface area contributed by atoms with Gasteiger partial charge in [0.25, 0.3) is 20.0 Å². The summed E-state index contributed by atoms with van der Waals surface area (Å²) in [7, 11) is -7.80. The highest BCUT2D eigenvalue weighted by Gasteiger charge is 2.40. The van der Waals surface area contributed by atoms with E-state index < -0.39 is 49.8 Å². The molecule has 22 nitrogen and oxygen atoms in total. The van der Waals surface area contributed by atoms with Crippen LogP contribution in [0, 0.1) is 37.5 Å². The average molecular weight is 1200 g/mol. The summed E-state index contributed by atoms with van der Waals surface area (Å²) in [5.41, 5.74) is 3.59. The molecule has 2 fully saturated rings. The lowest BCUT2D eigenvalue weighted by Gasteiger charge is -2.27. The Balaban J connectivity index is 0.000000206. The number of nitrogens with zero attached hydrogens (tertiary/aromatic N) is 9. The van der Waals surface area contributed by atoms with Crippen molar-refractivity contribution in [2.75, 3.05) is 49.5 Å². The summed E-state index contributed by atoms with van der Waals surface area (Å²) in [4.78, 5) is 87.4. The number of hydrogen-bond acceptors (Lipinski definition) is 17. The second kappa shape index (κ2) is 25.4. The monoisotopic (exact) mass is 1190 g/mol. The van der Waals surface area contributed by atoms with Crippen molar-refractivity contribution in [3.05, 3.63) is 168 Å². The lowest BCUT2D eigenvalue weighted by atomic mass is 9.93. The van der Waals surface area contributed by atoms with Gasteiger partial charge < -0.3 is 29.3 Å². The van der Waals surface area contributed by atoms with E-state index in [-0.39, 0.29) is 94.6 Å². The summed E-state index contributed by atoms with van der Waals surface area (Å²) in [6.45, 7) is 13.8. The molecular formula is C61H66N10O12S2. The maximum Gasteiger partial charge on any atom is 0.416 e. The molecule has 0 aliphatic carbocycles. The number of aromatic nitrogens is 6. The average Bonchev–Trinajstić information content (AvgIpc) is 4.19. The molecule has 2 saturated heterocycles. The Bertz CT molecular complexity index is 3970. The topological polar surface area (TPSA) is 264 Å². The summed E-state index contributed by atoms with van der Waals surface area (Å²) in [5, 5.41) is 2.99. The summed E-state index contributed by atoms with van der Waals surface area (Å²) in [5.74, 6) is -1.08. The normalized spacial score (nSPS) is 17.0. The minimum absolute atomic E-state index is 0.00443. The number of nitrogens with one attached hydrogen (secondary N) is 1. The standard InChI is InChI=1S/C33H37N5O7S.C28H29N5O5S/c1-22-11-13-25(14-12-22)46(42,43)38-16-15-27-30(38)34-17-29(35-27)37(32(41)45-33(3,4)5)20-28(39)26-19-36(18-23(26)2)31(40)44-21-24-9-7-6-8-10-24;1-19-8-10-22(11-9-19)39(36,37)33-13-12-24-27(33)30-15-26(31-24)29-14-25(34)23-17-32(16-20(23)2)28(35)38-18-21-6-4-3-5-7-21/h6-17,23,26H,18-21H2,1-5H3;3-13,15,20,23H,14,16-18H2,1-2H3,(H,29,31)/t23-,26+;20-,23+/m11/s1. The van der Waals surface area contributed by atoms with E-state index in [4.69, 9.17) is 14.2 Å². The quantitative estimate of drug-likeness (QED) is 0.0884. The van der Waals surface area contributed by atoms with E-state index in [1.54, 1.807) is 68.1 Å². The van der Waals surface area contributed by atoms with Crippen LogP contribution < -0.4 is 10.2 Å². The molecule has 24 heteroatoms. The first-order valence-electron chi connectivity index (χ1n) is 27.5. The van der Waals surface area contributed by atoms with E-state index in [0.29, 0.717) is 31.0 Å². The maximum absolute atomic E-state index is 13.7. The molecule has 8 aromatic rings. The van der Waals surface area contributed by atoms with Gasteiger partial charge in [0.05, 0.1) is 35.3 Å². The third kappa shape index (κ3) is 14.3. The highest BCUT2D eigenvalue weighted by molar-refractivity contribution is 7.90. The SMILES string of the molecule is Cc1ccc(S(=O)(=O)n2ccc3nc(N(CC(=O)[C@H]4CN(C(=O)OCc5ccccc5)C[C@H]4C)C(=O)OC(C)(C)C)cnc32)cc1.Cc1ccc(S(=O)(=O)n2ccc3nc(NCC(=O)[C@H]4CN(C(=O)OCc5ccccc5)C[C@H]4C)cnc32)cc1. The Morgan fingerprint density at radius 2 is 1.04 bits per heavy atom. The zero-order valence-electron chi connectivity index (χ0n) is 48.1. The fourth-order valence-electron chi connectivity index (χ4n) is 9.85. The van der Waals surface area contributed by atoms with Crippen LogP contribution in [-0.4, -0.2) is 129 Å². The molecule has 1 N–H and O–H groups in total. The molecule has 444 valence electrons. The number of fused-ring (bicyclic) bond motifs is 2. The first-order chi connectivity index (χ1) is 40.4. The van der Waals surface area contributed by atoms with E-state index in [1.165, 1.54) is 47.9 Å². The summed E-state index contributed by atoms with van der Waals surface area (Å²) < 4.78 is 71.5. The molecule has 6 heterocycles. The van der Waals surface area contributed by atoms with Crippen molar-refractivity contribution in [2.24, 2.45) is 23.7 Å². The molecule has 3 amide bonds. The minimum atomic E-state index is -3.97. The summed E-state index contributed by atoms with van der Waals surface area (Å²) in [6, 6.07) is 34.8. The Labute approximate surface area is 492 Å². The number of Topliss-reactive ketones (excluding diaryl/α,β-unsaturated/α-hetero) is 2. The van der Waals surface area contributed by atoms with E-state index in [9.17, 15) is 40.8 Å². The molecule has 2 aliphatic heterocycles. The van der Waals surface area contributed by atoms with Crippen LogP contribution in [0.1, 0.15) is 56.9 Å². The molecule has 4 aromatic carbocycles. The van der Waals surface area contributed by atoms with Crippen LogP contribution in [0.5, 0.6) is 0 Å². The predicted molar refractivity (Wildman–Crippen MR) is 316 cm³/mol. The van der Waals surface area contributed by atoms with Gasteiger partial charge in [-0.2, -0.15) is 0 Å². The molecule has 0 saturated carbocycles. The molecule has 4 aromatic heterocycles. The largest absolute Gasteiger partial charge is 0.445 e. The van der Waals surface area contributed by atoms with E-state index in [0.717, 1.165) is 35.1 Å². The summed E-state index contributed by atoms with van der Waals surface area (Å²) >= 11 is 0. The van der Waals surface area contributed by atoms with Gasteiger partial charge in [-0.1, -0.05) is 110 Å². The number of likely N-dealkylation sites (tertiary alicyclic amines) is 2. The van der Waals surface area contributed by atoms with Gasteiger partial charge in [0, 0.05) is 50.4 Å². The van der Waals surface area contributed by atoms with E-state index >= 15 is 0 Å². The van der Waals surface area contributed by atoms with E-state index in [2.05, 4.69) is 25.3 Å². The second-order valence-electron chi connectivity index (χ2n) is 22.2. The van der Waals surface area contributed by atoms with Crippen LogP contribution in [0.15, 0.2) is 156 Å². The van der Waals surface area contributed by atoms with Crippen LogP contribution in [-0.2, 0) is 57.1 Å². The number of carbonyl (C=O) groups excluding carboxylic acids is 5. The molecule has 85 heavy (non-hydrogen) atoms. The molecule has 4 atom stereocenters. The second-order valence-corrected chi connectivity index (χ2v) is 25.8. The third-order valence-corrected chi connectivity index (χ3v) is 17.8. The number of ether oxygens (including phenoxy) is 3. The van der Waals surface area contributed by atoms with Crippen molar-refractivity contribution in [3.8, 4) is 0 Å². The van der Waals surface area contributed by atoms with Crippen LogP contribution >= 0.6 is 0 Å². The first kappa shape index (κ1) is 60.6. The number of hydrogen-bond donors (Lipinski definition) is 1. The Kier molecular flexibility index (Phi) is 18.1. The van der Waals surface area contributed by atoms with Crippen molar-refractivity contribution >= 4 is 83.9 Å². The van der Waals surface area contributed by atoms with Crippen LogP contribution in [0.4, 0.5) is 26.0 Å². The maximum atomic E-state index is 13.7.